The molecule has 10 aromatic carbocycles. The number of hydrogen-bond acceptors (Lipinski definition) is 6. The zero-order chi connectivity index (χ0) is 42.6. The zero-order valence-electron chi connectivity index (χ0n) is 34.7. The van der Waals surface area contributed by atoms with Crippen molar-refractivity contribution in [2.75, 3.05) is 0 Å². The minimum absolute atomic E-state index is 0.412. The van der Waals surface area contributed by atoms with E-state index in [1.165, 1.54) is 31.1 Å². The van der Waals surface area contributed by atoms with Gasteiger partial charge in [-0.25, -0.2) is 9.98 Å². The molecule has 0 aliphatic carbocycles. The number of amidine groups is 2. The number of hydrogen-bond donors (Lipinski definition) is 1. The molecule has 0 saturated carbocycles. The Morgan fingerprint density at radius 2 is 1.08 bits per heavy atom. The lowest BCUT2D eigenvalue weighted by Gasteiger charge is -2.25. The Labute approximate surface area is 376 Å². The highest BCUT2D eigenvalue weighted by molar-refractivity contribution is 7.26. The van der Waals surface area contributed by atoms with Crippen molar-refractivity contribution in [2.45, 2.75) is 6.17 Å². The third-order valence-electron chi connectivity index (χ3n) is 13.1. The summed E-state index contributed by atoms with van der Waals surface area (Å²) in [7, 11) is 0. The van der Waals surface area contributed by atoms with Crippen LogP contribution in [0.3, 0.4) is 0 Å². The number of rotatable bonds is 5. The number of thiophene rings is 1. The van der Waals surface area contributed by atoms with Crippen LogP contribution in [0.1, 0.15) is 22.9 Å². The van der Waals surface area contributed by atoms with Crippen molar-refractivity contribution < 1.29 is 8.83 Å². The first-order valence-corrected chi connectivity index (χ1v) is 22.7. The molecular weight excluding hydrogens is 815 g/mol. The van der Waals surface area contributed by atoms with E-state index in [1.807, 2.05) is 29.5 Å². The van der Waals surface area contributed by atoms with E-state index in [0.29, 0.717) is 5.84 Å². The van der Waals surface area contributed by atoms with Crippen LogP contribution >= 0.6 is 11.3 Å². The van der Waals surface area contributed by atoms with Crippen molar-refractivity contribution in [1.82, 2.24) is 5.32 Å². The summed E-state index contributed by atoms with van der Waals surface area (Å²) in [5, 5.41) is 15.2. The Hall–Kier alpha value is -8.32. The van der Waals surface area contributed by atoms with E-state index in [0.717, 1.165) is 99.3 Å². The van der Waals surface area contributed by atoms with Crippen molar-refractivity contribution in [3.63, 3.8) is 0 Å². The highest BCUT2D eigenvalue weighted by atomic mass is 32.1. The quantitative estimate of drug-likeness (QED) is 0.188. The third kappa shape index (κ3) is 5.64. The molecule has 0 amide bonds. The second-order valence-corrected chi connectivity index (χ2v) is 17.9. The summed E-state index contributed by atoms with van der Waals surface area (Å²) in [6.07, 6.45) is -0.412. The van der Waals surface area contributed by atoms with Crippen LogP contribution in [-0.2, 0) is 0 Å². The van der Waals surface area contributed by atoms with Crippen molar-refractivity contribution in [2.24, 2.45) is 9.98 Å². The molecule has 0 bridgehead atoms. The van der Waals surface area contributed by atoms with Gasteiger partial charge in [0.05, 0.1) is 5.56 Å². The number of aliphatic imine (C=N–C) groups is 2. The fourth-order valence-electron chi connectivity index (χ4n) is 10.1. The number of nitrogens with one attached hydrogen (secondary N) is 1. The second kappa shape index (κ2) is 14.1. The topological polar surface area (TPSA) is 63.0 Å². The molecular formula is C59H35N3O2S. The number of nitrogens with zero attached hydrogens (tertiary/aromatic N) is 2. The van der Waals surface area contributed by atoms with Crippen LogP contribution in [-0.4, -0.2) is 11.7 Å². The Kier molecular flexibility index (Phi) is 7.85. The average Bonchev–Trinajstić information content (AvgIpc) is 4.07. The summed E-state index contributed by atoms with van der Waals surface area (Å²) in [5.41, 5.74) is 10.8. The van der Waals surface area contributed by atoms with Crippen LogP contribution < -0.4 is 5.32 Å². The maximum Gasteiger partial charge on any atom is 0.163 e. The predicted molar refractivity (Wildman–Crippen MR) is 272 cm³/mol. The molecule has 0 saturated heterocycles. The highest BCUT2D eigenvalue weighted by Crippen LogP contribution is 2.46. The molecule has 3 aromatic heterocycles. The molecule has 1 aliphatic heterocycles. The summed E-state index contributed by atoms with van der Waals surface area (Å²) < 4.78 is 15.8. The Bertz CT molecular complexity index is 4190. The molecule has 65 heavy (non-hydrogen) atoms. The maximum absolute atomic E-state index is 6.72. The van der Waals surface area contributed by atoms with E-state index in [-0.39, 0.29) is 0 Å². The van der Waals surface area contributed by atoms with Crippen LogP contribution in [0.4, 0.5) is 0 Å². The molecule has 4 heterocycles. The van der Waals surface area contributed by atoms with Gasteiger partial charge >= 0.3 is 0 Å². The summed E-state index contributed by atoms with van der Waals surface area (Å²) in [6.45, 7) is 0. The molecule has 1 aliphatic rings. The Morgan fingerprint density at radius 3 is 1.94 bits per heavy atom. The van der Waals surface area contributed by atoms with Gasteiger partial charge in [0.1, 0.15) is 34.3 Å². The molecule has 0 fully saturated rings. The van der Waals surface area contributed by atoms with Gasteiger partial charge < -0.3 is 14.2 Å². The number of furan rings is 2. The minimum atomic E-state index is -0.412. The Morgan fingerprint density at radius 1 is 0.431 bits per heavy atom. The molecule has 0 spiro atoms. The lowest BCUT2D eigenvalue weighted by Crippen LogP contribution is -2.33. The van der Waals surface area contributed by atoms with Crippen molar-refractivity contribution in [1.29, 1.82) is 0 Å². The van der Waals surface area contributed by atoms with E-state index in [4.69, 9.17) is 18.8 Å². The molecule has 304 valence electrons. The third-order valence-corrected chi connectivity index (χ3v) is 14.4. The summed E-state index contributed by atoms with van der Waals surface area (Å²) in [5.74, 6) is 1.36. The monoisotopic (exact) mass is 849 g/mol. The van der Waals surface area contributed by atoms with E-state index in [1.54, 1.807) is 0 Å². The van der Waals surface area contributed by atoms with Crippen LogP contribution in [0.5, 0.6) is 0 Å². The molecule has 1 unspecified atom stereocenters. The fraction of sp³-hybridized carbons (Fsp3) is 0.0169. The van der Waals surface area contributed by atoms with Crippen LogP contribution in [0.15, 0.2) is 219 Å². The first-order chi connectivity index (χ1) is 32.2. The Balaban J connectivity index is 0.979. The van der Waals surface area contributed by atoms with Crippen LogP contribution in [0.2, 0.25) is 0 Å². The highest BCUT2D eigenvalue weighted by Gasteiger charge is 2.26. The van der Waals surface area contributed by atoms with Crippen molar-refractivity contribution in [3.05, 3.63) is 217 Å². The van der Waals surface area contributed by atoms with Gasteiger partial charge in [-0.3, -0.25) is 0 Å². The zero-order valence-corrected chi connectivity index (χ0v) is 35.6. The fourth-order valence-corrected chi connectivity index (χ4v) is 11.4. The maximum atomic E-state index is 6.72. The van der Waals surface area contributed by atoms with Gasteiger partial charge in [0.15, 0.2) is 5.84 Å². The van der Waals surface area contributed by atoms with Gasteiger partial charge in [0, 0.05) is 47.3 Å². The van der Waals surface area contributed by atoms with Crippen molar-refractivity contribution in [3.8, 4) is 22.3 Å². The largest absolute Gasteiger partial charge is 0.456 e. The van der Waals surface area contributed by atoms with E-state index in [2.05, 4.69) is 187 Å². The molecule has 5 nitrogen and oxygen atoms in total. The molecule has 6 heteroatoms. The SMILES string of the molecule is c1ccc2cc(C3N=C(c4cccc5c4oc4ccccc45)N=C(c4cccc5c(-c6cc(-c7cccc8c7sc7ccccc78)cc7oc8ccccc8c67)cccc45)N3)ccc2c1. The van der Waals surface area contributed by atoms with Gasteiger partial charge in [0.2, 0.25) is 0 Å². The number of fused-ring (bicyclic) bond motifs is 11. The first-order valence-electron chi connectivity index (χ1n) is 21.9. The predicted octanol–water partition coefficient (Wildman–Crippen LogP) is 16.0. The van der Waals surface area contributed by atoms with Gasteiger partial charge in [-0.2, -0.15) is 0 Å². The van der Waals surface area contributed by atoms with E-state index >= 15 is 0 Å². The molecule has 0 radical (unpaired) electrons. The lowest BCUT2D eigenvalue weighted by molar-refractivity contribution is 0.663. The molecule has 1 N–H and O–H groups in total. The van der Waals surface area contributed by atoms with Gasteiger partial charge in [-0.15, -0.1) is 11.3 Å². The molecule has 13 aromatic rings. The standard InChI is InChI=1S/C59H35N3O2S/c1-2-14-35-31-36(30-29-34(35)13-1)57-60-58(62-59(61-57)48-25-12-22-44-42-15-3-6-26-50(42)64-55(44)48)46-24-11-19-39-40(46)20-10-21-41(39)49-32-37(33-52-54(49)47-17-4-7-27-51(47)63-52)38-18-9-23-45-43-16-5-8-28-53(43)65-56(38)45/h1-33,57H,(H,60,61,62). The minimum Gasteiger partial charge on any atom is -0.456 e. The van der Waals surface area contributed by atoms with E-state index in [9.17, 15) is 0 Å². The summed E-state index contributed by atoms with van der Waals surface area (Å²) in [6, 6.07) is 71.0. The first kappa shape index (κ1) is 36.2. The smallest absolute Gasteiger partial charge is 0.163 e. The van der Waals surface area contributed by atoms with Crippen molar-refractivity contribution >= 4 is 109 Å². The molecule has 14 rings (SSSR count). The summed E-state index contributed by atoms with van der Waals surface area (Å²) >= 11 is 1.85. The number of para-hydroxylation sites is 3. The molecule has 1 atom stereocenters. The lowest BCUT2D eigenvalue weighted by atomic mass is 9.90. The second-order valence-electron chi connectivity index (χ2n) is 16.8. The van der Waals surface area contributed by atoms with E-state index < -0.39 is 6.17 Å². The summed E-state index contributed by atoms with van der Waals surface area (Å²) in [4.78, 5) is 10.7. The normalized spacial score (nSPS) is 14.3. The average molecular weight is 850 g/mol. The number of benzene rings is 10. The van der Waals surface area contributed by atoms with Crippen LogP contribution in [0, 0.1) is 0 Å². The van der Waals surface area contributed by atoms with Gasteiger partial charge in [-0.05, 0) is 91.8 Å². The van der Waals surface area contributed by atoms with Gasteiger partial charge in [0.25, 0.3) is 0 Å². The van der Waals surface area contributed by atoms with Crippen LogP contribution in [0.25, 0.3) is 108 Å². The van der Waals surface area contributed by atoms with Gasteiger partial charge in [-0.1, -0.05) is 158 Å².